The van der Waals surface area contributed by atoms with Crippen LogP contribution in [0.5, 0.6) is 0 Å². The SMILES string of the molecule is CC1CC(O)CC[C@@H]1O. The minimum absolute atomic E-state index is 0.164. The quantitative estimate of drug-likeness (QED) is 0.502. The molecular weight excluding hydrogens is 116 g/mol. The molecule has 0 bridgehead atoms. The highest BCUT2D eigenvalue weighted by molar-refractivity contribution is 4.75. The van der Waals surface area contributed by atoms with E-state index in [1.807, 2.05) is 6.92 Å². The largest absolute Gasteiger partial charge is 0.393 e. The maximum Gasteiger partial charge on any atom is 0.0567 e. The van der Waals surface area contributed by atoms with Crippen molar-refractivity contribution < 1.29 is 10.2 Å². The predicted molar refractivity (Wildman–Crippen MR) is 35.0 cm³/mol. The average molecular weight is 130 g/mol. The standard InChI is InChI=1S/C7H14O2/c1-5-4-6(8)2-3-7(5)9/h5-9H,2-4H2,1H3/t5?,6?,7-/m0/s1. The van der Waals surface area contributed by atoms with E-state index < -0.39 is 0 Å². The average Bonchev–Trinajstić information content (AvgIpc) is 1.80. The second-order valence-electron chi connectivity index (χ2n) is 3.01. The third-order valence-corrected chi connectivity index (χ3v) is 2.10. The van der Waals surface area contributed by atoms with Crippen LogP contribution in [-0.2, 0) is 0 Å². The maximum atomic E-state index is 9.18. The molecule has 2 unspecified atom stereocenters. The van der Waals surface area contributed by atoms with Crippen LogP contribution in [0.2, 0.25) is 0 Å². The Kier molecular flexibility index (Phi) is 2.09. The van der Waals surface area contributed by atoms with Crippen LogP contribution in [0.3, 0.4) is 0 Å². The van der Waals surface area contributed by atoms with Crippen LogP contribution in [0.4, 0.5) is 0 Å². The van der Waals surface area contributed by atoms with Gasteiger partial charge in [-0.1, -0.05) is 6.92 Å². The Labute approximate surface area is 55.5 Å². The van der Waals surface area contributed by atoms with Crippen LogP contribution in [0.25, 0.3) is 0 Å². The topological polar surface area (TPSA) is 40.5 Å². The first-order chi connectivity index (χ1) is 4.20. The molecule has 0 aromatic heterocycles. The van der Waals surface area contributed by atoms with Crippen molar-refractivity contribution in [3.8, 4) is 0 Å². The summed E-state index contributed by atoms with van der Waals surface area (Å²) in [5.41, 5.74) is 0. The zero-order valence-electron chi connectivity index (χ0n) is 5.75. The van der Waals surface area contributed by atoms with Gasteiger partial charge in [0.2, 0.25) is 0 Å². The Bertz CT molecular complexity index is 92.9. The minimum atomic E-state index is -0.173. The molecule has 0 amide bonds. The molecule has 2 N–H and O–H groups in total. The van der Waals surface area contributed by atoms with Crippen molar-refractivity contribution >= 4 is 0 Å². The molecule has 1 rings (SSSR count). The Morgan fingerprint density at radius 2 is 1.89 bits per heavy atom. The van der Waals surface area contributed by atoms with Crippen LogP contribution in [0.15, 0.2) is 0 Å². The first-order valence-corrected chi connectivity index (χ1v) is 3.56. The van der Waals surface area contributed by atoms with E-state index in [0.29, 0.717) is 0 Å². The minimum Gasteiger partial charge on any atom is -0.393 e. The van der Waals surface area contributed by atoms with Crippen molar-refractivity contribution in [2.75, 3.05) is 0 Å². The summed E-state index contributed by atoms with van der Waals surface area (Å²) in [6.07, 6.45) is 1.96. The van der Waals surface area contributed by atoms with E-state index in [2.05, 4.69) is 0 Å². The highest BCUT2D eigenvalue weighted by atomic mass is 16.3. The van der Waals surface area contributed by atoms with Gasteiger partial charge in [0.15, 0.2) is 0 Å². The maximum absolute atomic E-state index is 9.18. The van der Waals surface area contributed by atoms with Gasteiger partial charge in [0.25, 0.3) is 0 Å². The molecule has 0 spiro atoms. The van der Waals surface area contributed by atoms with Crippen molar-refractivity contribution in [3.63, 3.8) is 0 Å². The van der Waals surface area contributed by atoms with E-state index in [-0.39, 0.29) is 18.1 Å². The van der Waals surface area contributed by atoms with Crippen LogP contribution in [0, 0.1) is 5.92 Å². The molecule has 1 saturated carbocycles. The Hall–Kier alpha value is -0.0800. The monoisotopic (exact) mass is 130 g/mol. The fourth-order valence-corrected chi connectivity index (χ4v) is 1.35. The molecule has 0 radical (unpaired) electrons. The Balaban J connectivity index is 2.35. The molecule has 3 atom stereocenters. The van der Waals surface area contributed by atoms with E-state index >= 15 is 0 Å². The molecule has 0 aromatic rings. The molecule has 0 aromatic carbocycles. The van der Waals surface area contributed by atoms with Gasteiger partial charge in [0, 0.05) is 0 Å². The van der Waals surface area contributed by atoms with Gasteiger partial charge in [-0.3, -0.25) is 0 Å². The number of rotatable bonds is 0. The molecular formula is C7H14O2. The lowest BCUT2D eigenvalue weighted by molar-refractivity contribution is 0.0142. The van der Waals surface area contributed by atoms with Crippen LogP contribution in [-0.4, -0.2) is 22.4 Å². The number of hydrogen-bond acceptors (Lipinski definition) is 2. The van der Waals surface area contributed by atoms with Crippen LogP contribution >= 0.6 is 0 Å². The van der Waals surface area contributed by atoms with Crippen molar-refractivity contribution in [2.45, 2.75) is 38.4 Å². The fraction of sp³-hybridized carbons (Fsp3) is 1.00. The molecule has 1 aliphatic carbocycles. The van der Waals surface area contributed by atoms with Gasteiger partial charge in [0.05, 0.1) is 12.2 Å². The Morgan fingerprint density at radius 3 is 2.33 bits per heavy atom. The second kappa shape index (κ2) is 2.67. The van der Waals surface area contributed by atoms with Crippen molar-refractivity contribution in [1.29, 1.82) is 0 Å². The summed E-state index contributed by atoms with van der Waals surface area (Å²) in [7, 11) is 0. The second-order valence-corrected chi connectivity index (χ2v) is 3.01. The summed E-state index contributed by atoms with van der Waals surface area (Å²) in [4.78, 5) is 0. The molecule has 54 valence electrons. The van der Waals surface area contributed by atoms with Crippen LogP contribution in [0.1, 0.15) is 26.2 Å². The van der Waals surface area contributed by atoms with E-state index in [0.717, 1.165) is 19.3 Å². The highest BCUT2D eigenvalue weighted by Crippen LogP contribution is 2.23. The summed E-state index contributed by atoms with van der Waals surface area (Å²) in [5.74, 6) is 0.286. The highest BCUT2D eigenvalue weighted by Gasteiger charge is 2.23. The summed E-state index contributed by atoms with van der Waals surface area (Å²) >= 11 is 0. The van der Waals surface area contributed by atoms with Crippen molar-refractivity contribution in [2.24, 2.45) is 5.92 Å². The molecule has 2 heteroatoms. The smallest absolute Gasteiger partial charge is 0.0567 e. The normalized spacial score (nSPS) is 45.0. The van der Waals surface area contributed by atoms with Gasteiger partial charge in [0.1, 0.15) is 0 Å². The van der Waals surface area contributed by atoms with E-state index in [4.69, 9.17) is 5.11 Å². The predicted octanol–water partition coefficient (Wildman–Crippen LogP) is 0.528. The third kappa shape index (κ3) is 1.66. The fourth-order valence-electron chi connectivity index (χ4n) is 1.35. The number of aliphatic hydroxyl groups is 2. The molecule has 1 aliphatic rings. The number of aliphatic hydroxyl groups excluding tert-OH is 2. The van der Waals surface area contributed by atoms with Gasteiger partial charge in [-0.25, -0.2) is 0 Å². The van der Waals surface area contributed by atoms with Gasteiger partial charge < -0.3 is 10.2 Å². The lowest BCUT2D eigenvalue weighted by Gasteiger charge is -2.27. The molecule has 0 aliphatic heterocycles. The van der Waals surface area contributed by atoms with Crippen molar-refractivity contribution in [1.82, 2.24) is 0 Å². The lowest BCUT2D eigenvalue weighted by Crippen LogP contribution is -2.29. The zero-order chi connectivity index (χ0) is 6.85. The first kappa shape index (κ1) is 7.03. The molecule has 0 heterocycles. The third-order valence-electron chi connectivity index (χ3n) is 2.10. The zero-order valence-corrected chi connectivity index (χ0v) is 5.75. The van der Waals surface area contributed by atoms with Gasteiger partial charge in [-0.15, -0.1) is 0 Å². The molecule has 1 fully saturated rings. The van der Waals surface area contributed by atoms with Gasteiger partial charge in [-0.2, -0.15) is 0 Å². The van der Waals surface area contributed by atoms with Gasteiger partial charge in [-0.05, 0) is 25.2 Å². The summed E-state index contributed by atoms with van der Waals surface area (Å²) in [6.45, 7) is 1.98. The van der Waals surface area contributed by atoms with E-state index in [9.17, 15) is 5.11 Å². The summed E-state index contributed by atoms with van der Waals surface area (Å²) in [6, 6.07) is 0. The first-order valence-electron chi connectivity index (χ1n) is 3.56. The van der Waals surface area contributed by atoms with E-state index in [1.54, 1.807) is 0 Å². The Morgan fingerprint density at radius 1 is 1.22 bits per heavy atom. The lowest BCUT2D eigenvalue weighted by atomic mass is 9.86. The number of hydrogen-bond donors (Lipinski definition) is 2. The van der Waals surface area contributed by atoms with Crippen molar-refractivity contribution in [3.05, 3.63) is 0 Å². The molecule has 0 saturated heterocycles. The van der Waals surface area contributed by atoms with Gasteiger partial charge >= 0.3 is 0 Å². The van der Waals surface area contributed by atoms with E-state index in [1.165, 1.54) is 0 Å². The molecule has 9 heavy (non-hydrogen) atoms. The summed E-state index contributed by atoms with van der Waals surface area (Å²) in [5, 5.41) is 18.3. The van der Waals surface area contributed by atoms with Crippen LogP contribution < -0.4 is 0 Å². The summed E-state index contributed by atoms with van der Waals surface area (Å²) < 4.78 is 0. The molecule has 2 nitrogen and oxygen atoms in total.